The van der Waals surface area contributed by atoms with Crippen molar-refractivity contribution < 1.29 is 31.5 Å². The first-order chi connectivity index (χ1) is 18.9. The molecule has 11 heteroatoms. The van der Waals surface area contributed by atoms with E-state index in [4.69, 9.17) is 4.74 Å². The number of sulfonamides is 1. The molecule has 0 aromatic heterocycles. The maximum atomic E-state index is 14.6. The highest BCUT2D eigenvalue weighted by Crippen LogP contribution is 2.27. The maximum absolute atomic E-state index is 14.6. The summed E-state index contributed by atoms with van der Waals surface area (Å²) in [6, 6.07) is 14.9. The first-order valence-corrected chi connectivity index (χ1v) is 14.2. The first kappa shape index (κ1) is 30.6. The third-order valence-corrected chi connectivity index (χ3v) is 7.80. The SMILES string of the molecule is CCOc1ccc(N(CC(=O)N(Cc2ccccc2F)[C@@H](C)C(=O)NC(C)C)S(=O)(=O)c2ccc(F)cc2)cc1. The van der Waals surface area contributed by atoms with E-state index in [1.165, 1.54) is 37.3 Å². The van der Waals surface area contributed by atoms with Crippen molar-refractivity contribution in [2.45, 2.75) is 51.2 Å². The summed E-state index contributed by atoms with van der Waals surface area (Å²) in [5.41, 5.74) is 0.306. The summed E-state index contributed by atoms with van der Waals surface area (Å²) >= 11 is 0. The molecular formula is C29H33F2N3O5S. The molecule has 0 saturated heterocycles. The van der Waals surface area contributed by atoms with Gasteiger partial charge >= 0.3 is 0 Å². The van der Waals surface area contributed by atoms with Crippen LogP contribution in [0.5, 0.6) is 5.75 Å². The molecule has 0 fully saturated rings. The van der Waals surface area contributed by atoms with Crippen LogP contribution in [0.15, 0.2) is 77.7 Å². The fourth-order valence-electron chi connectivity index (χ4n) is 3.94. The lowest BCUT2D eigenvalue weighted by molar-refractivity contribution is -0.139. The Hall–Kier alpha value is -3.99. The minimum atomic E-state index is -4.37. The highest BCUT2D eigenvalue weighted by atomic mass is 32.2. The van der Waals surface area contributed by atoms with E-state index >= 15 is 0 Å². The van der Waals surface area contributed by atoms with Crippen LogP contribution < -0.4 is 14.4 Å². The van der Waals surface area contributed by atoms with E-state index in [1.807, 2.05) is 0 Å². The maximum Gasteiger partial charge on any atom is 0.264 e. The van der Waals surface area contributed by atoms with Crippen molar-refractivity contribution in [3.05, 3.63) is 90.0 Å². The van der Waals surface area contributed by atoms with Gasteiger partial charge in [0.05, 0.1) is 17.2 Å². The summed E-state index contributed by atoms with van der Waals surface area (Å²) in [5, 5.41) is 2.73. The lowest BCUT2D eigenvalue weighted by atomic mass is 10.1. The molecule has 0 aliphatic carbocycles. The van der Waals surface area contributed by atoms with E-state index in [9.17, 15) is 26.8 Å². The van der Waals surface area contributed by atoms with Crippen molar-refractivity contribution in [2.24, 2.45) is 0 Å². The quantitative estimate of drug-likeness (QED) is 0.344. The number of hydrogen-bond acceptors (Lipinski definition) is 5. The molecule has 0 heterocycles. The van der Waals surface area contributed by atoms with Gasteiger partial charge in [-0.1, -0.05) is 18.2 Å². The number of carbonyl (C=O) groups excluding carboxylic acids is 2. The second kappa shape index (κ2) is 13.4. The Kier molecular flexibility index (Phi) is 10.2. The predicted molar refractivity (Wildman–Crippen MR) is 148 cm³/mol. The molecule has 214 valence electrons. The lowest BCUT2D eigenvalue weighted by Gasteiger charge is -2.32. The van der Waals surface area contributed by atoms with Crippen molar-refractivity contribution >= 4 is 27.5 Å². The largest absolute Gasteiger partial charge is 0.494 e. The van der Waals surface area contributed by atoms with Gasteiger partial charge in [0.2, 0.25) is 11.8 Å². The van der Waals surface area contributed by atoms with Gasteiger partial charge in [-0.25, -0.2) is 17.2 Å². The normalized spacial score (nSPS) is 12.1. The minimum Gasteiger partial charge on any atom is -0.494 e. The molecule has 0 aliphatic heterocycles. The van der Waals surface area contributed by atoms with Gasteiger partial charge in [-0.15, -0.1) is 0 Å². The van der Waals surface area contributed by atoms with E-state index in [0.717, 1.165) is 33.5 Å². The molecule has 0 unspecified atom stereocenters. The summed E-state index contributed by atoms with van der Waals surface area (Å²) < 4.78 is 61.9. The van der Waals surface area contributed by atoms with Gasteiger partial charge in [0, 0.05) is 18.2 Å². The summed E-state index contributed by atoms with van der Waals surface area (Å²) in [6.07, 6.45) is 0. The zero-order chi connectivity index (χ0) is 29.4. The molecule has 8 nitrogen and oxygen atoms in total. The molecule has 1 N–H and O–H groups in total. The second-order valence-electron chi connectivity index (χ2n) is 9.34. The second-order valence-corrected chi connectivity index (χ2v) is 11.2. The fraction of sp³-hybridized carbons (Fsp3) is 0.310. The lowest BCUT2D eigenvalue weighted by Crippen LogP contribution is -2.52. The molecule has 2 amide bonds. The number of anilines is 1. The van der Waals surface area contributed by atoms with Crippen LogP contribution in [0.25, 0.3) is 0 Å². The van der Waals surface area contributed by atoms with E-state index < -0.39 is 46.1 Å². The Labute approximate surface area is 233 Å². The molecule has 3 aromatic rings. The Morgan fingerprint density at radius 3 is 2.12 bits per heavy atom. The van der Waals surface area contributed by atoms with Crippen LogP contribution in [0, 0.1) is 11.6 Å². The molecule has 1 atom stereocenters. The summed E-state index contributed by atoms with van der Waals surface area (Å²) in [5.74, 6) is -1.91. The van der Waals surface area contributed by atoms with E-state index in [2.05, 4.69) is 5.32 Å². The number of hydrogen-bond donors (Lipinski definition) is 1. The van der Waals surface area contributed by atoms with Crippen LogP contribution in [-0.4, -0.2) is 50.4 Å². The number of rotatable bonds is 12. The predicted octanol–water partition coefficient (Wildman–Crippen LogP) is 4.50. The van der Waals surface area contributed by atoms with E-state index in [-0.39, 0.29) is 28.7 Å². The Morgan fingerprint density at radius 1 is 0.925 bits per heavy atom. The van der Waals surface area contributed by atoms with Crippen molar-refractivity contribution in [3.8, 4) is 5.75 Å². The van der Waals surface area contributed by atoms with Gasteiger partial charge in [-0.2, -0.15) is 0 Å². The number of nitrogens with zero attached hydrogens (tertiary/aromatic N) is 2. The van der Waals surface area contributed by atoms with Gasteiger partial charge in [-0.3, -0.25) is 13.9 Å². The Morgan fingerprint density at radius 2 is 1.55 bits per heavy atom. The molecule has 3 rings (SSSR count). The Bertz CT molecular complexity index is 1410. The van der Waals surface area contributed by atoms with Crippen LogP contribution in [0.1, 0.15) is 33.3 Å². The molecule has 40 heavy (non-hydrogen) atoms. The summed E-state index contributed by atoms with van der Waals surface area (Å²) in [4.78, 5) is 27.6. The van der Waals surface area contributed by atoms with Crippen molar-refractivity contribution in [2.75, 3.05) is 17.5 Å². The molecule has 0 bridgehead atoms. The monoisotopic (exact) mass is 573 g/mol. The van der Waals surface area contributed by atoms with Crippen LogP contribution in [0.2, 0.25) is 0 Å². The fourth-order valence-corrected chi connectivity index (χ4v) is 5.35. The highest BCUT2D eigenvalue weighted by Gasteiger charge is 2.33. The zero-order valence-electron chi connectivity index (χ0n) is 22.8. The van der Waals surface area contributed by atoms with Crippen molar-refractivity contribution in [1.82, 2.24) is 10.2 Å². The van der Waals surface area contributed by atoms with E-state index in [0.29, 0.717) is 12.4 Å². The topological polar surface area (TPSA) is 96.0 Å². The smallest absolute Gasteiger partial charge is 0.264 e. The number of amides is 2. The van der Waals surface area contributed by atoms with Crippen LogP contribution >= 0.6 is 0 Å². The molecule has 0 saturated carbocycles. The van der Waals surface area contributed by atoms with Crippen molar-refractivity contribution in [1.29, 1.82) is 0 Å². The number of nitrogens with one attached hydrogen (secondary N) is 1. The molecule has 3 aromatic carbocycles. The zero-order valence-corrected chi connectivity index (χ0v) is 23.6. The van der Waals surface area contributed by atoms with Gasteiger partial charge in [0.1, 0.15) is 30.0 Å². The average molecular weight is 574 g/mol. The standard InChI is InChI=1S/C29H33F2N3O5S/c1-5-39-25-14-12-24(13-15-25)34(40(37,38)26-16-10-23(30)11-17-26)19-28(35)33(21(4)29(36)32-20(2)3)18-22-8-6-7-9-27(22)31/h6-17,20-21H,5,18-19H2,1-4H3,(H,32,36)/t21-/m0/s1. The van der Waals surface area contributed by atoms with Crippen molar-refractivity contribution in [3.63, 3.8) is 0 Å². The number of halogens is 2. The van der Waals surface area contributed by atoms with Crippen LogP contribution in [-0.2, 0) is 26.2 Å². The molecule has 0 aliphatic rings. The van der Waals surface area contributed by atoms with Gasteiger partial charge in [0.15, 0.2) is 0 Å². The minimum absolute atomic E-state index is 0.145. The van der Waals surface area contributed by atoms with Crippen LogP contribution in [0.3, 0.4) is 0 Å². The highest BCUT2D eigenvalue weighted by molar-refractivity contribution is 7.92. The summed E-state index contributed by atoms with van der Waals surface area (Å²) in [7, 11) is -4.37. The number of benzene rings is 3. The first-order valence-electron chi connectivity index (χ1n) is 12.8. The van der Waals surface area contributed by atoms with Crippen LogP contribution in [0.4, 0.5) is 14.5 Å². The number of carbonyl (C=O) groups is 2. The molecular weight excluding hydrogens is 540 g/mol. The molecule has 0 radical (unpaired) electrons. The van der Waals surface area contributed by atoms with Gasteiger partial charge in [-0.05, 0) is 82.3 Å². The third-order valence-electron chi connectivity index (χ3n) is 6.01. The van der Waals surface area contributed by atoms with E-state index in [1.54, 1.807) is 39.0 Å². The third kappa shape index (κ3) is 7.56. The number of ether oxygens (including phenoxy) is 1. The molecule has 0 spiro atoms. The summed E-state index contributed by atoms with van der Waals surface area (Å²) in [6.45, 7) is 6.24. The Balaban J connectivity index is 2.04. The van der Waals surface area contributed by atoms with Gasteiger partial charge < -0.3 is 15.0 Å². The van der Waals surface area contributed by atoms with Gasteiger partial charge in [0.25, 0.3) is 10.0 Å². The average Bonchev–Trinajstić information content (AvgIpc) is 2.91.